The molecule has 2 aliphatic rings. The summed E-state index contributed by atoms with van der Waals surface area (Å²) in [7, 11) is 0. The summed E-state index contributed by atoms with van der Waals surface area (Å²) in [5.41, 5.74) is 0.381. The van der Waals surface area contributed by atoms with E-state index in [2.05, 4.69) is 5.32 Å². The molecule has 0 saturated carbocycles. The van der Waals surface area contributed by atoms with Crippen LogP contribution in [0, 0.1) is 6.92 Å². The molecule has 2 aromatic carbocycles. The van der Waals surface area contributed by atoms with E-state index in [1.165, 1.54) is 6.07 Å². The van der Waals surface area contributed by atoms with Crippen molar-refractivity contribution in [1.82, 2.24) is 9.55 Å². The lowest BCUT2D eigenvalue weighted by molar-refractivity contribution is -0.168. The van der Waals surface area contributed by atoms with Crippen molar-refractivity contribution in [3.05, 3.63) is 69.3 Å². The number of nitrogens with one attached hydrogen (secondary N) is 1. The van der Waals surface area contributed by atoms with Crippen LogP contribution in [0.5, 0.6) is 0 Å². The minimum absolute atomic E-state index is 0.0819. The van der Waals surface area contributed by atoms with Crippen molar-refractivity contribution in [1.29, 1.82) is 0 Å². The van der Waals surface area contributed by atoms with E-state index in [1.807, 2.05) is 6.07 Å². The maximum atomic E-state index is 14.0. The highest BCUT2D eigenvalue weighted by atomic mass is 19.4. The van der Waals surface area contributed by atoms with Gasteiger partial charge in [0.25, 0.3) is 5.56 Å². The summed E-state index contributed by atoms with van der Waals surface area (Å²) in [6.45, 7) is 3.94. The molecular weight excluding hydrogens is 463 g/mol. The number of anilines is 1. The van der Waals surface area contributed by atoms with Gasteiger partial charge < -0.3 is 15.2 Å². The van der Waals surface area contributed by atoms with Gasteiger partial charge in [-0.15, -0.1) is 0 Å². The van der Waals surface area contributed by atoms with E-state index < -0.39 is 35.2 Å². The first-order chi connectivity index (χ1) is 16.5. The fourth-order valence-corrected chi connectivity index (χ4v) is 5.34. The van der Waals surface area contributed by atoms with Crippen LogP contribution in [0.2, 0.25) is 0 Å². The Morgan fingerprint density at radius 3 is 2.71 bits per heavy atom. The van der Waals surface area contributed by atoms with Crippen LogP contribution in [0.15, 0.2) is 41.2 Å². The van der Waals surface area contributed by atoms with Gasteiger partial charge in [-0.05, 0) is 50.5 Å². The van der Waals surface area contributed by atoms with Gasteiger partial charge in [0.15, 0.2) is 0 Å². The molecule has 0 radical (unpaired) electrons. The number of ether oxygens (including phenoxy) is 1. The molecule has 10 heteroatoms. The summed E-state index contributed by atoms with van der Waals surface area (Å²) in [6.07, 6.45) is -4.51. The number of benzene rings is 2. The number of nitrogens with zero attached hydrogens (tertiary/aromatic N) is 2. The minimum Gasteiger partial charge on any atom is -0.478 e. The molecule has 1 aromatic heterocycles. The molecule has 3 aromatic rings. The third kappa shape index (κ3) is 3.76. The Morgan fingerprint density at radius 1 is 1.31 bits per heavy atom. The highest BCUT2D eigenvalue weighted by molar-refractivity contribution is 5.94. The Balaban J connectivity index is 1.70. The Hall–Kier alpha value is -3.40. The van der Waals surface area contributed by atoms with Crippen molar-refractivity contribution in [2.45, 2.75) is 50.4 Å². The Labute approximate surface area is 198 Å². The zero-order valence-corrected chi connectivity index (χ0v) is 19.1. The fourth-order valence-electron chi connectivity index (χ4n) is 5.34. The molecule has 0 unspecified atom stereocenters. The van der Waals surface area contributed by atoms with E-state index >= 15 is 0 Å². The number of hydrogen-bond donors (Lipinski definition) is 2. The number of fused-ring (bicyclic) bond motifs is 3. The predicted octanol–water partition coefficient (Wildman–Crippen LogP) is 4.74. The third-order valence-corrected chi connectivity index (χ3v) is 7.03. The van der Waals surface area contributed by atoms with Crippen molar-refractivity contribution in [2.75, 3.05) is 18.5 Å². The van der Waals surface area contributed by atoms with E-state index in [0.29, 0.717) is 35.4 Å². The van der Waals surface area contributed by atoms with Crippen molar-refractivity contribution in [2.24, 2.45) is 0 Å². The summed E-state index contributed by atoms with van der Waals surface area (Å²) in [4.78, 5) is 29.9. The average molecular weight is 487 g/mol. The number of aromatic carboxylic acids is 1. The Bertz CT molecular complexity index is 1390. The quantitative estimate of drug-likeness (QED) is 0.552. The fraction of sp³-hybridized carbons (Fsp3) is 0.400. The van der Waals surface area contributed by atoms with Gasteiger partial charge in [-0.2, -0.15) is 13.2 Å². The molecule has 35 heavy (non-hydrogen) atoms. The highest BCUT2D eigenvalue weighted by Crippen LogP contribution is 2.50. The number of para-hydroxylation sites is 1. The van der Waals surface area contributed by atoms with Gasteiger partial charge in [-0.3, -0.25) is 9.36 Å². The maximum Gasteiger partial charge on any atom is 0.409 e. The van der Waals surface area contributed by atoms with Crippen molar-refractivity contribution in [3.8, 4) is 0 Å². The molecule has 184 valence electrons. The molecule has 2 N–H and O–H groups in total. The van der Waals surface area contributed by atoms with E-state index in [4.69, 9.17) is 9.72 Å². The standard InChI is InChI=1S/C25H24F3N3O4/c1-13-9-16(14(2)29-18-6-4-3-5-15(18)22(33)34)20-17(10-13)21(32)31-19(25(26,27)28)11-24(23(31)30-20)7-8-35-12-24/h3-6,9-10,14,19,29H,7-8,11-12H2,1-2H3,(H,33,34)/t14-,19+,24+/m1/s1. The smallest absolute Gasteiger partial charge is 0.409 e. The number of carboxylic acid groups (broad SMARTS) is 1. The molecule has 0 aliphatic carbocycles. The number of carboxylic acids is 1. The predicted molar refractivity (Wildman–Crippen MR) is 123 cm³/mol. The van der Waals surface area contributed by atoms with Gasteiger partial charge in [0, 0.05) is 17.9 Å². The lowest BCUT2D eigenvalue weighted by atomic mass is 9.83. The third-order valence-electron chi connectivity index (χ3n) is 7.03. The summed E-state index contributed by atoms with van der Waals surface area (Å²) in [5.74, 6) is -0.983. The first-order valence-corrected chi connectivity index (χ1v) is 11.3. The molecule has 0 bridgehead atoms. The van der Waals surface area contributed by atoms with Crippen molar-refractivity contribution in [3.63, 3.8) is 0 Å². The molecule has 7 nitrogen and oxygen atoms in total. The van der Waals surface area contributed by atoms with Crippen LogP contribution in [0.3, 0.4) is 0 Å². The SMILES string of the molecule is Cc1cc([C@@H](C)Nc2ccccc2C(=O)O)c2nc3n(c(=O)c2c1)[C@H](C(F)(F)F)C[C@]31CCOC1. The molecule has 2 aliphatic heterocycles. The van der Waals surface area contributed by atoms with Gasteiger partial charge in [0.1, 0.15) is 11.9 Å². The van der Waals surface area contributed by atoms with Gasteiger partial charge in [0.05, 0.1) is 34.5 Å². The Kier molecular flexibility index (Phi) is 5.39. The summed E-state index contributed by atoms with van der Waals surface area (Å²) in [6, 6.07) is 7.38. The van der Waals surface area contributed by atoms with Crippen LogP contribution in [0.4, 0.5) is 18.9 Å². The first kappa shape index (κ1) is 23.3. The average Bonchev–Trinajstić information content (AvgIpc) is 3.40. The number of alkyl halides is 3. The molecule has 1 saturated heterocycles. The molecule has 0 amide bonds. The molecule has 5 rings (SSSR count). The molecule has 3 heterocycles. The van der Waals surface area contributed by atoms with Crippen LogP contribution in [-0.4, -0.2) is 40.0 Å². The van der Waals surface area contributed by atoms with Gasteiger partial charge in [0.2, 0.25) is 0 Å². The Morgan fingerprint density at radius 2 is 2.06 bits per heavy atom. The molecule has 1 fully saturated rings. The molecular formula is C25H24F3N3O4. The first-order valence-electron chi connectivity index (χ1n) is 11.3. The number of rotatable bonds is 4. The maximum absolute atomic E-state index is 14.0. The largest absolute Gasteiger partial charge is 0.478 e. The lowest BCUT2D eigenvalue weighted by Gasteiger charge is -2.22. The molecule has 3 atom stereocenters. The number of aromatic nitrogens is 2. The van der Waals surface area contributed by atoms with E-state index in [0.717, 1.165) is 4.57 Å². The zero-order valence-electron chi connectivity index (χ0n) is 19.1. The van der Waals surface area contributed by atoms with Crippen LogP contribution < -0.4 is 10.9 Å². The van der Waals surface area contributed by atoms with Crippen LogP contribution >= 0.6 is 0 Å². The molecule has 1 spiro atoms. The summed E-state index contributed by atoms with van der Waals surface area (Å²) >= 11 is 0. The normalized spacial score (nSPS) is 22.5. The second-order valence-corrected chi connectivity index (χ2v) is 9.42. The lowest BCUT2D eigenvalue weighted by Crippen LogP contribution is -2.33. The van der Waals surface area contributed by atoms with E-state index in [1.54, 1.807) is 38.1 Å². The summed E-state index contributed by atoms with van der Waals surface area (Å²) in [5, 5.41) is 12.8. The van der Waals surface area contributed by atoms with Crippen molar-refractivity contribution < 1.29 is 27.8 Å². The zero-order chi connectivity index (χ0) is 25.1. The van der Waals surface area contributed by atoms with E-state index in [-0.39, 0.29) is 29.8 Å². The van der Waals surface area contributed by atoms with Gasteiger partial charge >= 0.3 is 12.1 Å². The minimum atomic E-state index is -4.60. The van der Waals surface area contributed by atoms with Crippen LogP contribution in [0.25, 0.3) is 10.9 Å². The van der Waals surface area contributed by atoms with Crippen LogP contribution in [-0.2, 0) is 10.2 Å². The second-order valence-electron chi connectivity index (χ2n) is 9.42. The van der Waals surface area contributed by atoms with Crippen molar-refractivity contribution >= 4 is 22.6 Å². The monoisotopic (exact) mass is 487 g/mol. The second kappa shape index (κ2) is 8.08. The number of carbonyl (C=O) groups is 1. The topological polar surface area (TPSA) is 93.5 Å². The number of hydrogen-bond acceptors (Lipinski definition) is 5. The van der Waals surface area contributed by atoms with Crippen LogP contribution in [0.1, 0.15) is 59.2 Å². The summed E-state index contributed by atoms with van der Waals surface area (Å²) < 4.78 is 48.3. The highest BCUT2D eigenvalue weighted by Gasteiger charge is 2.57. The number of halogens is 3. The number of aryl methyl sites for hydroxylation is 1. The van der Waals surface area contributed by atoms with Gasteiger partial charge in [-0.1, -0.05) is 18.2 Å². The van der Waals surface area contributed by atoms with E-state index in [9.17, 15) is 27.9 Å². The van der Waals surface area contributed by atoms with Gasteiger partial charge in [-0.25, -0.2) is 9.78 Å².